The zero-order valence-corrected chi connectivity index (χ0v) is 22.7. The lowest BCUT2D eigenvalue weighted by molar-refractivity contribution is -0.104. The molecule has 202 valence electrons. The molecule has 0 aliphatic carbocycles. The van der Waals surface area contributed by atoms with Gasteiger partial charge in [0.05, 0.1) is 42.5 Å². The highest BCUT2D eigenvalue weighted by molar-refractivity contribution is 6.09. The van der Waals surface area contributed by atoms with Crippen LogP contribution in [0.15, 0.2) is 78.0 Å². The summed E-state index contributed by atoms with van der Waals surface area (Å²) >= 11 is 0. The Balaban J connectivity index is 1.88. The molecule has 4 rings (SSSR count). The molecule has 1 unspecified atom stereocenters. The highest BCUT2D eigenvalue weighted by Crippen LogP contribution is 2.35. The van der Waals surface area contributed by atoms with Gasteiger partial charge in [0.2, 0.25) is 0 Å². The lowest BCUT2D eigenvalue weighted by Gasteiger charge is -2.37. The minimum atomic E-state index is -0.947. The van der Waals surface area contributed by atoms with Crippen LogP contribution in [0.4, 0.5) is 5.82 Å². The third-order valence-electron chi connectivity index (χ3n) is 6.37. The zero-order chi connectivity index (χ0) is 28.0. The summed E-state index contributed by atoms with van der Waals surface area (Å²) in [6.45, 7) is 11.2. The number of nitrogens with zero attached hydrogens (tertiary/aromatic N) is 4. The quantitative estimate of drug-likeness (QED) is 0.183. The van der Waals surface area contributed by atoms with E-state index in [9.17, 15) is 9.90 Å². The molecule has 1 fully saturated rings. The average molecular weight is 526 g/mol. The van der Waals surface area contributed by atoms with Crippen LogP contribution < -0.4 is 10.6 Å². The van der Waals surface area contributed by atoms with Gasteiger partial charge in [0.15, 0.2) is 5.82 Å². The Morgan fingerprint density at radius 2 is 2.03 bits per heavy atom. The fraction of sp³-hybridized carbons (Fsp3) is 0.290. The minimum Gasteiger partial charge on any atom is -0.404 e. The fourth-order valence-corrected chi connectivity index (χ4v) is 4.40. The number of fused-ring (bicyclic) bond motifs is 1. The molecule has 8 nitrogen and oxygen atoms in total. The first-order chi connectivity index (χ1) is 18.7. The Bertz CT molecular complexity index is 1440. The smallest absolute Gasteiger partial charge is 0.165 e. The van der Waals surface area contributed by atoms with E-state index in [0.717, 1.165) is 39.7 Å². The van der Waals surface area contributed by atoms with Crippen molar-refractivity contribution >= 4 is 40.4 Å². The number of hydrogen-bond acceptors (Lipinski definition) is 8. The monoisotopic (exact) mass is 525 g/mol. The first-order valence-corrected chi connectivity index (χ1v) is 12.9. The Morgan fingerprint density at radius 1 is 1.26 bits per heavy atom. The Kier molecular flexibility index (Phi) is 8.69. The van der Waals surface area contributed by atoms with E-state index >= 15 is 0 Å². The zero-order valence-electron chi connectivity index (χ0n) is 22.7. The number of aliphatic hydroxyl groups is 1. The summed E-state index contributed by atoms with van der Waals surface area (Å²) in [6, 6.07) is 16.0. The molecular weight excluding hydrogens is 490 g/mol. The number of morpholine rings is 1. The van der Waals surface area contributed by atoms with E-state index in [1.165, 1.54) is 6.20 Å². The molecule has 8 heteroatoms. The molecule has 0 bridgehead atoms. The molecule has 0 radical (unpaired) electrons. The van der Waals surface area contributed by atoms with Gasteiger partial charge in [-0.2, -0.15) is 0 Å². The van der Waals surface area contributed by atoms with Gasteiger partial charge in [-0.25, -0.2) is 9.97 Å². The predicted molar refractivity (Wildman–Crippen MR) is 158 cm³/mol. The van der Waals surface area contributed by atoms with Gasteiger partial charge in [-0.15, -0.1) is 0 Å². The summed E-state index contributed by atoms with van der Waals surface area (Å²) in [5.41, 5.74) is 9.63. The molecular formula is C31H35N5O3. The summed E-state index contributed by atoms with van der Waals surface area (Å²) in [7, 11) is 0. The minimum absolute atomic E-state index is 0.0517. The van der Waals surface area contributed by atoms with Gasteiger partial charge >= 0.3 is 0 Å². The Labute approximate surface area is 229 Å². The first-order valence-electron chi connectivity index (χ1n) is 12.9. The van der Waals surface area contributed by atoms with Crippen molar-refractivity contribution in [3.05, 3.63) is 89.9 Å². The molecule has 1 aromatic heterocycles. The van der Waals surface area contributed by atoms with Crippen LogP contribution in [0.1, 0.15) is 43.8 Å². The van der Waals surface area contributed by atoms with Gasteiger partial charge in [-0.05, 0) is 61.3 Å². The second kappa shape index (κ2) is 12.1. The lowest BCUT2D eigenvalue weighted by Crippen LogP contribution is -2.40. The normalized spacial score (nSPS) is 17.1. The number of benzene rings is 2. The molecule has 2 aromatic carbocycles. The molecule has 1 atom stereocenters. The summed E-state index contributed by atoms with van der Waals surface area (Å²) in [6.07, 6.45) is 5.60. The van der Waals surface area contributed by atoms with Crippen LogP contribution in [0.5, 0.6) is 0 Å². The Morgan fingerprint density at radius 3 is 2.72 bits per heavy atom. The lowest BCUT2D eigenvalue weighted by atomic mass is 10.0. The van der Waals surface area contributed by atoms with E-state index in [2.05, 4.69) is 28.6 Å². The average Bonchev–Trinajstić information content (AvgIpc) is 2.94. The van der Waals surface area contributed by atoms with Crippen molar-refractivity contribution in [3.8, 4) is 0 Å². The maximum absolute atomic E-state index is 11.2. The molecule has 3 N–H and O–H groups in total. The number of aldehydes is 1. The first kappa shape index (κ1) is 27.9. The van der Waals surface area contributed by atoms with Gasteiger partial charge in [0.25, 0.3) is 0 Å². The van der Waals surface area contributed by atoms with Crippen molar-refractivity contribution in [1.29, 1.82) is 0 Å². The van der Waals surface area contributed by atoms with Crippen LogP contribution in [0.2, 0.25) is 0 Å². The highest BCUT2D eigenvalue weighted by atomic mass is 16.5. The maximum Gasteiger partial charge on any atom is 0.165 e. The topological polar surface area (TPSA) is 114 Å². The molecule has 39 heavy (non-hydrogen) atoms. The number of hydrogen-bond donors (Lipinski definition) is 2. The second-order valence-corrected chi connectivity index (χ2v) is 10.2. The number of anilines is 1. The van der Waals surface area contributed by atoms with Crippen molar-refractivity contribution in [2.24, 2.45) is 10.7 Å². The largest absolute Gasteiger partial charge is 0.404 e. The molecule has 1 aliphatic heterocycles. The standard InChI is InChI=1S/C31H35N5O3/c1-21(18-37)14-22(2)24-10-11-27-26(15-24)30(35-29(34-27)25(16-32)17-33-20-31(3,4)38)36-12-13-39-19-28(36)23-8-6-5-7-9-23/h5-11,14-18,28,38H,2,12-13,19-20,32H2,1,3-4H3/b21-14-,25-16?,33-17?. The molecule has 3 aromatic rings. The van der Waals surface area contributed by atoms with E-state index in [1.54, 1.807) is 33.1 Å². The van der Waals surface area contributed by atoms with Crippen LogP contribution in [0, 0.1) is 0 Å². The summed E-state index contributed by atoms with van der Waals surface area (Å²) < 4.78 is 5.89. The van der Waals surface area contributed by atoms with Crippen molar-refractivity contribution in [1.82, 2.24) is 9.97 Å². The molecule has 0 spiro atoms. The summed E-state index contributed by atoms with van der Waals surface area (Å²) in [5.74, 6) is 1.18. The third-order valence-corrected chi connectivity index (χ3v) is 6.37. The second-order valence-electron chi connectivity index (χ2n) is 10.2. The molecule has 0 saturated carbocycles. The predicted octanol–water partition coefficient (Wildman–Crippen LogP) is 4.51. The number of allylic oxidation sites excluding steroid dienone is 4. The van der Waals surface area contributed by atoms with E-state index in [4.69, 9.17) is 20.4 Å². The van der Waals surface area contributed by atoms with Crippen LogP contribution >= 0.6 is 0 Å². The number of ether oxygens (including phenoxy) is 1. The third kappa shape index (κ3) is 6.85. The van der Waals surface area contributed by atoms with E-state index < -0.39 is 5.60 Å². The summed E-state index contributed by atoms with van der Waals surface area (Å²) in [5, 5.41) is 10.9. The molecule has 2 heterocycles. The molecule has 0 amide bonds. The van der Waals surface area contributed by atoms with Crippen molar-refractivity contribution < 1.29 is 14.6 Å². The van der Waals surface area contributed by atoms with Gasteiger partial charge in [-0.3, -0.25) is 9.79 Å². The number of rotatable bonds is 9. The van der Waals surface area contributed by atoms with Crippen LogP contribution in [0.25, 0.3) is 22.0 Å². The highest BCUT2D eigenvalue weighted by Gasteiger charge is 2.28. The van der Waals surface area contributed by atoms with Crippen molar-refractivity contribution in [3.63, 3.8) is 0 Å². The maximum atomic E-state index is 11.2. The number of nitrogens with two attached hydrogens (primary N) is 1. The van der Waals surface area contributed by atoms with Gasteiger partial charge in [0.1, 0.15) is 12.1 Å². The Hall–Kier alpha value is -4.14. The van der Waals surface area contributed by atoms with E-state index in [-0.39, 0.29) is 12.6 Å². The van der Waals surface area contributed by atoms with Crippen LogP contribution in [-0.4, -0.2) is 59.5 Å². The summed E-state index contributed by atoms with van der Waals surface area (Å²) in [4.78, 5) is 27.6. The van der Waals surface area contributed by atoms with Crippen LogP contribution in [-0.2, 0) is 9.53 Å². The fourth-order valence-electron chi connectivity index (χ4n) is 4.40. The SMILES string of the molecule is C=C(/C=C(/C)C=O)c1ccc2nc(C(C=NCC(C)(C)O)=CN)nc(N3CCOCC3c3ccccc3)c2c1. The van der Waals surface area contributed by atoms with Crippen molar-refractivity contribution in [2.75, 3.05) is 31.2 Å². The number of aromatic nitrogens is 2. The number of aliphatic imine (C=N–C) groups is 1. The number of carbonyl (C=O) groups is 1. The molecule has 1 saturated heterocycles. The van der Waals surface area contributed by atoms with E-state index in [1.807, 2.05) is 36.4 Å². The van der Waals surface area contributed by atoms with Crippen LogP contribution in [0.3, 0.4) is 0 Å². The number of carbonyl (C=O) groups excluding carboxylic acids is 1. The van der Waals surface area contributed by atoms with Gasteiger partial charge < -0.3 is 20.5 Å². The van der Waals surface area contributed by atoms with Gasteiger partial charge in [-0.1, -0.05) is 43.0 Å². The molecule has 1 aliphatic rings. The van der Waals surface area contributed by atoms with Crippen molar-refractivity contribution in [2.45, 2.75) is 32.4 Å². The van der Waals surface area contributed by atoms with E-state index in [0.29, 0.717) is 36.7 Å². The van der Waals surface area contributed by atoms with Gasteiger partial charge in [0, 0.05) is 24.3 Å².